The molecule has 0 atom stereocenters. The molecule has 0 bridgehead atoms. The second-order valence-corrected chi connectivity index (χ2v) is 13.4. The van der Waals surface area contributed by atoms with E-state index in [1.54, 1.807) is 32.4 Å². The minimum Gasteiger partial charge on any atom is -0.497 e. The molecule has 15 heteroatoms. The van der Waals surface area contributed by atoms with Gasteiger partial charge in [-0.1, -0.05) is 24.3 Å². The minimum atomic E-state index is -2.49. The standard InChI is InChI=1S/C19H19F2N3O2S.C19H19N3O3S/c1-25-13-5-3-12(4-6-13)9-10-22-17-11-14(23-19(24-17)26-2)15-7-8-16(27-15)18(20)21;1-24-14-5-3-13(4-6-14)9-10-20-18-11-16(21-19(22-18)25-2)17-8-7-15(12-23)26-17/h3-8,11,18H,9-10H2,1-2H3,(H,22,23,24);3-8,11-12H,9-10H2,1-2H3,(H,20,21,22). The summed E-state index contributed by atoms with van der Waals surface area (Å²) in [4.78, 5) is 30.3. The Morgan fingerprint density at radius 3 is 1.49 bits per heavy atom. The first-order valence-corrected chi connectivity index (χ1v) is 18.0. The highest BCUT2D eigenvalue weighted by molar-refractivity contribution is 7.17. The molecular weight excluding hydrogens is 723 g/mol. The minimum absolute atomic E-state index is 0.0107. The molecule has 2 aromatic carbocycles. The number of methoxy groups -OCH3 is 4. The third kappa shape index (κ3) is 11.2. The fraction of sp³-hybridized carbons (Fsp3) is 0.237. The van der Waals surface area contributed by atoms with E-state index in [0.717, 1.165) is 64.6 Å². The first-order chi connectivity index (χ1) is 25.8. The molecule has 0 unspecified atom stereocenters. The van der Waals surface area contributed by atoms with Gasteiger partial charge in [-0.05, 0) is 72.5 Å². The maximum Gasteiger partial charge on any atom is 0.318 e. The van der Waals surface area contributed by atoms with Gasteiger partial charge in [-0.15, -0.1) is 22.7 Å². The maximum atomic E-state index is 12.8. The van der Waals surface area contributed by atoms with Crippen LogP contribution in [0.25, 0.3) is 21.1 Å². The third-order valence-electron chi connectivity index (χ3n) is 7.62. The molecule has 4 aromatic heterocycles. The highest BCUT2D eigenvalue weighted by Gasteiger charge is 2.14. The van der Waals surface area contributed by atoms with E-state index in [9.17, 15) is 13.6 Å². The number of hydrogen-bond donors (Lipinski definition) is 2. The van der Waals surface area contributed by atoms with E-state index >= 15 is 0 Å². The number of benzene rings is 2. The number of rotatable bonds is 16. The SMILES string of the molecule is COc1ccc(CCNc2cc(-c3ccc(C(F)F)s3)nc(OC)n2)cc1.COc1ccc(CCNc2cc(-c3ccc(C=O)s3)nc(OC)n2)cc1. The van der Waals surface area contributed by atoms with Gasteiger partial charge in [0.1, 0.15) is 23.1 Å². The van der Waals surface area contributed by atoms with Gasteiger partial charge in [-0.25, -0.2) is 8.78 Å². The maximum absolute atomic E-state index is 12.8. The number of aldehydes is 1. The Morgan fingerprint density at radius 2 is 1.09 bits per heavy atom. The van der Waals surface area contributed by atoms with Crippen LogP contribution in [0.2, 0.25) is 0 Å². The quantitative estimate of drug-likeness (QED) is 0.0922. The molecule has 6 rings (SSSR count). The van der Waals surface area contributed by atoms with Gasteiger partial charge in [0.2, 0.25) is 0 Å². The Hall–Kier alpha value is -5.67. The summed E-state index contributed by atoms with van der Waals surface area (Å²) >= 11 is 2.40. The molecule has 0 aliphatic heterocycles. The van der Waals surface area contributed by atoms with E-state index < -0.39 is 6.43 Å². The van der Waals surface area contributed by atoms with Crippen LogP contribution in [0.15, 0.2) is 84.9 Å². The van der Waals surface area contributed by atoms with E-state index in [1.807, 2.05) is 60.7 Å². The van der Waals surface area contributed by atoms with E-state index in [4.69, 9.17) is 18.9 Å². The van der Waals surface area contributed by atoms with Crippen molar-refractivity contribution in [2.24, 2.45) is 0 Å². The molecular formula is C38H38F2N6O5S2. The van der Waals surface area contributed by atoms with Crippen molar-refractivity contribution < 1.29 is 32.5 Å². The lowest BCUT2D eigenvalue weighted by atomic mass is 10.1. The molecule has 0 fully saturated rings. The summed E-state index contributed by atoms with van der Waals surface area (Å²) < 4.78 is 46.3. The molecule has 276 valence electrons. The van der Waals surface area contributed by atoms with Crippen molar-refractivity contribution in [3.8, 4) is 44.7 Å². The van der Waals surface area contributed by atoms with Gasteiger partial charge in [0, 0.05) is 25.2 Å². The summed E-state index contributed by atoms with van der Waals surface area (Å²) in [6.45, 7) is 1.37. The van der Waals surface area contributed by atoms with Gasteiger partial charge in [-0.3, -0.25) is 4.79 Å². The average Bonchev–Trinajstić information content (AvgIpc) is 3.90. The van der Waals surface area contributed by atoms with Gasteiger partial charge in [-0.2, -0.15) is 19.9 Å². The number of aromatic nitrogens is 4. The van der Waals surface area contributed by atoms with Gasteiger partial charge in [0.25, 0.3) is 6.43 Å². The largest absolute Gasteiger partial charge is 0.497 e. The van der Waals surface area contributed by atoms with Crippen LogP contribution in [0.1, 0.15) is 32.1 Å². The molecule has 0 aliphatic rings. The smallest absolute Gasteiger partial charge is 0.318 e. The molecule has 0 radical (unpaired) electrons. The topological polar surface area (TPSA) is 130 Å². The second kappa shape index (κ2) is 19.2. The Balaban J connectivity index is 0.000000204. The molecule has 4 heterocycles. The van der Waals surface area contributed by atoms with Crippen LogP contribution in [0, 0.1) is 0 Å². The van der Waals surface area contributed by atoms with Crippen LogP contribution in [0.3, 0.4) is 0 Å². The van der Waals surface area contributed by atoms with E-state index in [0.29, 0.717) is 33.6 Å². The molecule has 53 heavy (non-hydrogen) atoms. The van der Waals surface area contributed by atoms with Crippen molar-refractivity contribution in [2.45, 2.75) is 19.3 Å². The first kappa shape index (κ1) is 38.6. The number of anilines is 2. The summed E-state index contributed by atoms with van der Waals surface area (Å²) in [5.74, 6) is 2.92. The zero-order valence-electron chi connectivity index (χ0n) is 29.5. The Kier molecular flexibility index (Phi) is 14.0. The van der Waals surface area contributed by atoms with Crippen LogP contribution in [0.4, 0.5) is 20.4 Å². The predicted molar refractivity (Wildman–Crippen MR) is 205 cm³/mol. The van der Waals surface area contributed by atoms with Crippen molar-refractivity contribution >= 4 is 40.6 Å². The molecule has 0 saturated heterocycles. The third-order valence-corrected chi connectivity index (χ3v) is 9.77. The lowest BCUT2D eigenvalue weighted by Gasteiger charge is -2.09. The van der Waals surface area contributed by atoms with E-state index in [-0.39, 0.29) is 16.9 Å². The molecule has 0 aliphatic carbocycles. The summed E-state index contributed by atoms with van der Waals surface area (Å²) in [7, 11) is 6.29. The van der Waals surface area contributed by atoms with Crippen molar-refractivity contribution in [2.75, 3.05) is 52.2 Å². The average molecular weight is 761 g/mol. The van der Waals surface area contributed by atoms with Crippen molar-refractivity contribution in [1.82, 2.24) is 19.9 Å². The number of hydrogen-bond acceptors (Lipinski definition) is 13. The molecule has 0 amide bonds. The van der Waals surface area contributed by atoms with Crippen molar-refractivity contribution in [1.29, 1.82) is 0 Å². The lowest BCUT2D eigenvalue weighted by Crippen LogP contribution is -2.07. The van der Waals surface area contributed by atoms with Gasteiger partial charge >= 0.3 is 12.0 Å². The van der Waals surface area contributed by atoms with Crippen LogP contribution < -0.4 is 29.6 Å². The van der Waals surface area contributed by atoms with Crippen LogP contribution in [0.5, 0.6) is 23.5 Å². The highest BCUT2D eigenvalue weighted by Crippen LogP contribution is 2.34. The monoisotopic (exact) mass is 760 g/mol. The second-order valence-electron chi connectivity index (χ2n) is 11.1. The predicted octanol–water partition coefficient (Wildman–Crippen LogP) is 8.50. The number of carbonyl (C=O) groups is 1. The molecule has 6 aromatic rings. The fourth-order valence-corrected chi connectivity index (χ4v) is 6.49. The molecule has 2 N–H and O–H groups in total. The number of carbonyl (C=O) groups excluding carboxylic acids is 1. The lowest BCUT2D eigenvalue weighted by molar-refractivity contribution is 0.112. The zero-order chi connectivity index (χ0) is 37.6. The van der Waals surface area contributed by atoms with Crippen LogP contribution in [-0.4, -0.2) is 67.8 Å². The first-order valence-electron chi connectivity index (χ1n) is 16.3. The summed E-state index contributed by atoms with van der Waals surface area (Å²) in [6.07, 6.45) is -0.0182. The zero-order valence-corrected chi connectivity index (χ0v) is 31.1. The Morgan fingerprint density at radius 1 is 0.623 bits per heavy atom. The van der Waals surface area contributed by atoms with Crippen LogP contribution in [-0.2, 0) is 12.8 Å². The van der Waals surface area contributed by atoms with E-state index in [2.05, 4.69) is 30.6 Å². The van der Waals surface area contributed by atoms with E-state index in [1.165, 1.54) is 37.2 Å². The Labute approximate surface area is 314 Å². The number of halogens is 2. The molecule has 0 saturated carbocycles. The molecule has 11 nitrogen and oxygen atoms in total. The fourth-order valence-electron chi connectivity index (χ4n) is 4.88. The van der Waals surface area contributed by atoms with Crippen LogP contribution >= 0.6 is 22.7 Å². The highest BCUT2D eigenvalue weighted by atomic mass is 32.1. The van der Waals surface area contributed by atoms with Gasteiger partial charge < -0.3 is 29.6 Å². The summed E-state index contributed by atoms with van der Waals surface area (Å²) in [5, 5.41) is 6.53. The number of nitrogens with one attached hydrogen (secondary N) is 2. The van der Waals surface area contributed by atoms with Crippen molar-refractivity contribution in [3.63, 3.8) is 0 Å². The summed E-state index contributed by atoms with van der Waals surface area (Å²) in [5.41, 5.74) is 3.63. The van der Waals surface area contributed by atoms with Crippen molar-refractivity contribution in [3.05, 3.63) is 106 Å². The normalized spacial score (nSPS) is 10.6. The summed E-state index contributed by atoms with van der Waals surface area (Å²) in [6, 6.07) is 26.6. The van der Waals surface area contributed by atoms with Gasteiger partial charge in [0.05, 0.1) is 59.3 Å². The van der Waals surface area contributed by atoms with Gasteiger partial charge in [0.15, 0.2) is 6.29 Å². The number of ether oxygens (including phenoxy) is 4. The molecule has 0 spiro atoms. The number of thiophene rings is 2. The number of nitrogens with zero attached hydrogens (tertiary/aromatic N) is 4. The Bertz CT molecular complexity index is 2060. The number of alkyl halides is 2.